The summed E-state index contributed by atoms with van der Waals surface area (Å²) in [7, 11) is -0.981. The number of likely N-dealkylation sites (tertiary alicyclic amines) is 1. The van der Waals surface area contributed by atoms with Crippen molar-refractivity contribution in [2.24, 2.45) is 0 Å². The van der Waals surface area contributed by atoms with E-state index in [9.17, 15) is 4.79 Å². The first-order chi connectivity index (χ1) is 12.2. The molecule has 0 radical (unpaired) electrons. The van der Waals surface area contributed by atoms with Crippen LogP contribution in [0.1, 0.15) is 52.5 Å². The van der Waals surface area contributed by atoms with Crippen molar-refractivity contribution in [1.82, 2.24) is 4.90 Å². The van der Waals surface area contributed by atoms with E-state index in [4.69, 9.17) is 9.31 Å². The molecule has 0 bridgehead atoms. The Labute approximate surface area is 155 Å². The zero-order valence-electron chi connectivity index (χ0n) is 16.0. The molecule has 0 aromatic heterocycles. The lowest BCUT2D eigenvalue weighted by Gasteiger charge is -2.32. The Hall–Kier alpha value is -1.66. The average molecular weight is 359 g/mol. The average Bonchev–Trinajstić information content (AvgIpc) is 2.71. The third kappa shape index (κ3) is 3.86. The second-order valence-corrected chi connectivity index (χ2v) is 8.09. The van der Waals surface area contributed by atoms with Gasteiger partial charge < -0.3 is 14.2 Å². The molecule has 0 saturated carbocycles. The molecule has 2 heterocycles. The Bertz CT molecular complexity index is 686. The molecular weight excluding hydrogens is 332 g/mol. The summed E-state index contributed by atoms with van der Waals surface area (Å²) in [5, 5.41) is 0. The molecule has 0 aliphatic carbocycles. The number of carbonyl (C=O) groups excluding carboxylic acids is 1. The number of hydrogen-bond donors (Lipinski definition) is 0. The molecule has 0 atom stereocenters. The molecule has 3 rings (SSSR count). The molecule has 0 unspecified atom stereocenters. The summed E-state index contributed by atoms with van der Waals surface area (Å²) >= 11 is 0. The first-order valence-corrected chi connectivity index (χ1v) is 9.24. The minimum atomic E-state index is -0.981. The Balaban J connectivity index is 1.71. The Morgan fingerprint density at radius 1 is 1.08 bits per heavy atom. The van der Waals surface area contributed by atoms with E-state index < -0.39 is 18.3 Å². The maximum atomic E-state index is 15.0. The number of nitrogens with zero attached hydrogens (tertiary/aromatic N) is 1. The first-order valence-electron chi connectivity index (χ1n) is 9.24. The van der Waals surface area contributed by atoms with Gasteiger partial charge in [-0.25, -0.2) is 4.39 Å². The molecule has 1 aromatic rings. The monoisotopic (exact) mass is 359 g/mol. The summed E-state index contributed by atoms with van der Waals surface area (Å²) in [6, 6.07) is 9.87. The number of hydrogen-bond acceptors (Lipinski definition) is 3. The molecule has 0 spiro atoms. The highest BCUT2D eigenvalue weighted by molar-refractivity contribution is 6.53. The van der Waals surface area contributed by atoms with Crippen molar-refractivity contribution in [2.75, 3.05) is 6.54 Å². The van der Waals surface area contributed by atoms with E-state index in [0.717, 1.165) is 5.56 Å². The predicted molar refractivity (Wildman–Crippen MR) is 99.9 cm³/mol. The normalized spacial score (nSPS) is 24.6. The van der Waals surface area contributed by atoms with Crippen molar-refractivity contribution in [3.63, 3.8) is 0 Å². The summed E-state index contributed by atoms with van der Waals surface area (Å²) in [4.78, 5) is 14.2. The molecule has 0 N–H and O–H groups in total. The number of benzene rings is 1. The Morgan fingerprint density at radius 2 is 1.69 bits per heavy atom. The van der Waals surface area contributed by atoms with Gasteiger partial charge in [-0.1, -0.05) is 30.3 Å². The molecular formula is C20H27BFNO3. The lowest BCUT2D eigenvalue weighted by atomic mass is 9.83. The van der Waals surface area contributed by atoms with Gasteiger partial charge in [0.2, 0.25) is 5.91 Å². The third-order valence-electron chi connectivity index (χ3n) is 5.69. The largest absolute Gasteiger partial charge is 0.525 e. The van der Waals surface area contributed by atoms with E-state index in [1.165, 1.54) is 0 Å². The van der Waals surface area contributed by atoms with E-state index in [1.807, 2.05) is 58.0 Å². The van der Waals surface area contributed by atoms with Crippen molar-refractivity contribution < 1.29 is 18.5 Å². The fourth-order valence-electron chi connectivity index (χ4n) is 3.26. The molecule has 1 amide bonds. The lowest BCUT2D eigenvalue weighted by Crippen LogP contribution is -2.41. The highest BCUT2D eigenvalue weighted by atomic mass is 19.1. The van der Waals surface area contributed by atoms with E-state index in [-0.39, 0.29) is 11.6 Å². The second-order valence-electron chi connectivity index (χ2n) is 8.09. The second kappa shape index (κ2) is 7.16. The Morgan fingerprint density at radius 3 is 2.31 bits per heavy atom. The molecule has 26 heavy (non-hydrogen) atoms. The van der Waals surface area contributed by atoms with E-state index in [1.54, 1.807) is 4.90 Å². The van der Waals surface area contributed by atoms with Crippen LogP contribution < -0.4 is 0 Å². The van der Waals surface area contributed by atoms with Crippen molar-refractivity contribution in [3.05, 3.63) is 47.2 Å². The molecule has 2 saturated heterocycles. The molecule has 2 aliphatic heterocycles. The lowest BCUT2D eigenvalue weighted by molar-refractivity contribution is -0.131. The van der Waals surface area contributed by atoms with Gasteiger partial charge in [0.25, 0.3) is 0 Å². The van der Waals surface area contributed by atoms with Crippen molar-refractivity contribution in [3.8, 4) is 0 Å². The zero-order chi connectivity index (χ0) is 18.9. The van der Waals surface area contributed by atoms with Crippen LogP contribution in [0.4, 0.5) is 4.39 Å². The molecule has 4 nitrogen and oxygen atoms in total. The molecule has 6 heteroatoms. The van der Waals surface area contributed by atoms with E-state index in [2.05, 4.69) is 0 Å². The van der Waals surface area contributed by atoms with Gasteiger partial charge in [0.05, 0.1) is 11.2 Å². The fraction of sp³-hybridized carbons (Fsp3) is 0.550. The van der Waals surface area contributed by atoms with Crippen LogP contribution >= 0.6 is 0 Å². The van der Waals surface area contributed by atoms with Gasteiger partial charge in [0, 0.05) is 19.5 Å². The van der Waals surface area contributed by atoms with Gasteiger partial charge in [-0.2, -0.15) is 0 Å². The minimum Gasteiger partial charge on any atom is -0.398 e. The highest BCUT2D eigenvalue weighted by Crippen LogP contribution is 2.40. The minimum absolute atomic E-state index is 0.0607. The van der Waals surface area contributed by atoms with Gasteiger partial charge in [-0.3, -0.25) is 4.79 Å². The maximum Gasteiger partial charge on any atom is 0.525 e. The highest BCUT2D eigenvalue weighted by Gasteiger charge is 2.53. The van der Waals surface area contributed by atoms with Gasteiger partial charge in [-0.05, 0) is 51.7 Å². The predicted octanol–water partition coefficient (Wildman–Crippen LogP) is 4.05. The number of carbonyl (C=O) groups is 1. The summed E-state index contributed by atoms with van der Waals surface area (Å²) < 4.78 is 26.7. The number of halogens is 1. The van der Waals surface area contributed by atoms with Crippen molar-refractivity contribution in [1.29, 1.82) is 0 Å². The molecule has 2 aliphatic rings. The molecule has 2 fully saturated rings. The van der Waals surface area contributed by atoms with Gasteiger partial charge >= 0.3 is 7.12 Å². The number of amides is 1. The van der Waals surface area contributed by atoms with Crippen LogP contribution in [0.3, 0.4) is 0 Å². The summed E-state index contributed by atoms with van der Waals surface area (Å²) in [6.45, 7) is 8.69. The van der Waals surface area contributed by atoms with Gasteiger partial charge in [-0.15, -0.1) is 0 Å². The third-order valence-corrected chi connectivity index (χ3v) is 5.69. The van der Waals surface area contributed by atoms with Crippen LogP contribution in [0.15, 0.2) is 41.6 Å². The van der Waals surface area contributed by atoms with Gasteiger partial charge in [0.1, 0.15) is 5.73 Å². The topological polar surface area (TPSA) is 38.8 Å². The van der Waals surface area contributed by atoms with Crippen molar-refractivity contribution >= 4 is 13.0 Å². The first kappa shape index (κ1) is 19.1. The summed E-state index contributed by atoms with van der Waals surface area (Å²) in [6.07, 6.45) is 1.24. The van der Waals surface area contributed by atoms with Gasteiger partial charge in [0.15, 0.2) is 0 Å². The van der Waals surface area contributed by atoms with E-state index >= 15 is 4.39 Å². The van der Waals surface area contributed by atoms with Crippen LogP contribution in [-0.2, 0) is 20.6 Å². The van der Waals surface area contributed by atoms with Crippen LogP contribution in [0.25, 0.3) is 0 Å². The zero-order valence-corrected chi connectivity index (χ0v) is 16.0. The Kier molecular flexibility index (Phi) is 5.27. The van der Waals surface area contributed by atoms with Crippen molar-refractivity contribution in [2.45, 2.75) is 64.7 Å². The molecule has 140 valence electrons. The van der Waals surface area contributed by atoms with Crippen LogP contribution in [0.5, 0.6) is 0 Å². The maximum absolute atomic E-state index is 15.0. The fourth-order valence-corrected chi connectivity index (χ4v) is 3.26. The smallest absolute Gasteiger partial charge is 0.398 e. The standard InChI is InChI=1S/C20H27BFNO3/c1-19(2)20(3,4)26-21(25-19)18(22)16-10-11-17(24)23(13-12-16)14-15-8-6-5-7-9-15/h5-9H,10-14H2,1-4H3. The summed E-state index contributed by atoms with van der Waals surface area (Å²) in [5.41, 5.74) is 0.204. The quantitative estimate of drug-likeness (QED) is 0.765. The number of rotatable bonds is 3. The van der Waals surface area contributed by atoms with Crippen LogP contribution in [-0.4, -0.2) is 35.7 Å². The SMILES string of the molecule is CC1(C)OB(C(F)=C2CCC(=O)N(Cc3ccccc3)CC2)OC1(C)C. The van der Waals surface area contributed by atoms with Crippen LogP contribution in [0.2, 0.25) is 0 Å². The summed E-state index contributed by atoms with van der Waals surface area (Å²) in [5.74, 6) is 0.0607. The van der Waals surface area contributed by atoms with E-state index in [0.29, 0.717) is 37.9 Å². The van der Waals surface area contributed by atoms with Crippen LogP contribution in [0, 0.1) is 0 Å². The molecule has 1 aromatic carbocycles.